The molecule has 23 heavy (non-hydrogen) atoms. The van der Waals surface area contributed by atoms with Crippen LogP contribution in [0.5, 0.6) is 17.2 Å². The van der Waals surface area contributed by atoms with Gasteiger partial charge in [0.2, 0.25) is 0 Å². The Morgan fingerprint density at radius 2 is 1.70 bits per heavy atom. The Hall–Kier alpha value is -2.20. The Labute approximate surface area is 137 Å². The zero-order valence-electron chi connectivity index (χ0n) is 14.1. The molecule has 4 heteroatoms. The third kappa shape index (κ3) is 2.86. The summed E-state index contributed by atoms with van der Waals surface area (Å²) in [6.07, 6.45) is 0.994. The van der Waals surface area contributed by atoms with E-state index in [1.165, 1.54) is 11.1 Å². The lowest BCUT2D eigenvalue weighted by atomic mass is 9.88. The van der Waals surface area contributed by atoms with Gasteiger partial charge in [-0.2, -0.15) is 0 Å². The normalized spacial score (nSPS) is 16.6. The minimum atomic E-state index is 0.0918. The number of methoxy groups -OCH3 is 3. The van der Waals surface area contributed by atoms with Crippen LogP contribution < -0.4 is 19.5 Å². The van der Waals surface area contributed by atoms with E-state index >= 15 is 0 Å². The monoisotopic (exact) mass is 313 g/mol. The summed E-state index contributed by atoms with van der Waals surface area (Å²) in [5.41, 5.74) is 4.75. The first kappa shape index (κ1) is 15.7. The Kier molecular flexibility index (Phi) is 4.44. The molecular weight excluding hydrogens is 290 g/mol. The average Bonchev–Trinajstić information content (AvgIpc) is 2.60. The predicted octanol–water partition coefficient (Wildman–Crippen LogP) is 3.26. The van der Waals surface area contributed by atoms with E-state index < -0.39 is 0 Å². The van der Waals surface area contributed by atoms with Crippen molar-refractivity contribution < 1.29 is 14.2 Å². The first-order chi connectivity index (χ1) is 11.2. The molecule has 0 amide bonds. The van der Waals surface area contributed by atoms with Crippen molar-refractivity contribution in [2.45, 2.75) is 19.4 Å². The molecule has 1 aliphatic heterocycles. The highest BCUT2D eigenvalue weighted by Crippen LogP contribution is 2.38. The van der Waals surface area contributed by atoms with Crippen LogP contribution in [0.1, 0.15) is 28.3 Å². The fraction of sp³-hybridized carbons (Fsp3) is 0.368. The summed E-state index contributed by atoms with van der Waals surface area (Å²) in [5.74, 6) is 2.66. The molecule has 0 fully saturated rings. The maximum atomic E-state index is 5.62. The Bertz CT molecular complexity index is 712. The lowest BCUT2D eigenvalue weighted by Gasteiger charge is -2.29. The summed E-state index contributed by atoms with van der Waals surface area (Å²) in [7, 11) is 5.11. The summed E-state index contributed by atoms with van der Waals surface area (Å²) in [5, 5.41) is 3.60. The smallest absolute Gasteiger partial charge is 0.124 e. The van der Waals surface area contributed by atoms with E-state index in [1.54, 1.807) is 21.3 Å². The first-order valence-electron chi connectivity index (χ1n) is 7.80. The Morgan fingerprint density at radius 3 is 2.39 bits per heavy atom. The topological polar surface area (TPSA) is 39.7 Å². The van der Waals surface area contributed by atoms with Crippen LogP contribution in [0.25, 0.3) is 0 Å². The molecule has 0 aromatic heterocycles. The van der Waals surface area contributed by atoms with Gasteiger partial charge in [0, 0.05) is 12.1 Å². The largest absolute Gasteiger partial charge is 0.497 e. The molecule has 1 aliphatic rings. The minimum Gasteiger partial charge on any atom is -0.497 e. The van der Waals surface area contributed by atoms with Gasteiger partial charge in [-0.1, -0.05) is 6.07 Å². The molecule has 4 nitrogen and oxygen atoms in total. The summed E-state index contributed by atoms with van der Waals surface area (Å²) in [6, 6.07) is 10.5. The van der Waals surface area contributed by atoms with Crippen LogP contribution in [0.4, 0.5) is 0 Å². The van der Waals surface area contributed by atoms with Gasteiger partial charge in [-0.3, -0.25) is 0 Å². The van der Waals surface area contributed by atoms with Crippen molar-refractivity contribution in [3.63, 3.8) is 0 Å². The van der Waals surface area contributed by atoms with Gasteiger partial charge in [0.25, 0.3) is 0 Å². The number of aryl methyl sites for hydroxylation is 1. The molecule has 0 saturated carbocycles. The fourth-order valence-corrected chi connectivity index (χ4v) is 3.25. The van der Waals surface area contributed by atoms with E-state index in [-0.39, 0.29) is 6.04 Å². The second-order valence-corrected chi connectivity index (χ2v) is 5.77. The number of hydrogen-bond acceptors (Lipinski definition) is 4. The second kappa shape index (κ2) is 6.50. The van der Waals surface area contributed by atoms with E-state index in [9.17, 15) is 0 Å². The van der Waals surface area contributed by atoms with Crippen LogP contribution in [0.3, 0.4) is 0 Å². The van der Waals surface area contributed by atoms with Crippen molar-refractivity contribution in [3.05, 3.63) is 52.6 Å². The molecule has 2 aromatic carbocycles. The zero-order chi connectivity index (χ0) is 16.4. The van der Waals surface area contributed by atoms with E-state index in [1.807, 2.05) is 19.1 Å². The van der Waals surface area contributed by atoms with Gasteiger partial charge in [0.15, 0.2) is 0 Å². The molecule has 1 atom stereocenters. The van der Waals surface area contributed by atoms with Crippen molar-refractivity contribution in [3.8, 4) is 17.2 Å². The van der Waals surface area contributed by atoms with E-state index in [0.717, 1.165) is 41.3 Å². The molecule has 122 valence electrons. The molecule has 1 heterocycles. The van der Waals surface area contributed by atoms with E-state index in [2.05, 4.69) is 23.5 Å². The van der Waals surface area contributed by atoms with Gasteiger partial charge in [-0.25, -0.2) is 0 Å². The van der Waals surface area contributed by atoms with Crippen molar-refractivity contribution in [1.82, 2.24) is 5.32 Å². The fourth-order valence-electron chi connectivity index (χ4n) is 3.25. The third-order valence-electron chi connectivity index (χ3n) is 4.46. The molecule has 0 aliphatic carbocycles. The molecule has 0 saturated heterocycles. The van der Waals surface area contributed by atoms with Gasteiger partial charge in [-0.15, -0.1) is 0 Å². The number of nitrogens with one attached hydrogen (secondary N) is 1. The lowest BCUT2D eigenvalue weighted by Crippen LogP contribution is -2.30. The SMILES string of the molecule is COc1ccc2c(c1)CCNC2c1cc(OC)c(C)cc1OC. The Balaban J connectivity index is 2.10. The van der Waals surface area contributed by atoms with Gasteiger partial charge in [-0.05, 0) is 54.3 Å². The highest BCUT2D eigenvalue weighted by molar-refractivity contribution is 5.52. The van der Waals surface area contributed by atoms with Crippen LogP contribution >= 0.6 is 0 Å². The summed E-state index contributed by atoms with van der Waals surface area (Å²) in [4.78, 5) is 0. The maximum Gasteiger partial charge on any atom is 0.124 e. The molecule has 1 unspecified atom stereocenters. The molecule has 2 aromatic rings. The molecule has 3 rings (SSSR count). The number of hydrogen-bond donors (Lipinski definition) is 1. The van der Waals surface area contributed by atoms with Crippen LogP contribution in [-0.4, -0.2) is 27.9 Å². The number of rotatable bonds is 4. The predicted molar refractivity (Wildman–Crippen MR) is 90.8 cm³/mol. The van der Waals surface area contributed by atoms with Crippen molar-refractivity contribution in [2.75, 3.05) is 27.9 Å². The maximum absolute atomic E-state index is 5.62. The van der Waals surface area contributed by atoms with Crippen LogP contribution in [0.2, 0.25) is 0 Å². The minimum absolute atomic E-state index is 0.0918. The molecule has 1 N–H and O–H groups in total. The highest BCUT2D eigenvalue weighted by Gasteiger charge is 2.25. The van der Waals surface area contributed by atoms with Crippen LogP contribution in [0, 0.1) is 6.92 Å². The quantitative estimate of drug-likeness (QED) is 0.940. The van der Waals surface area contributed by atoms with E-state index in [0.29, 0.717) is 0 Å². The summed E-state index contributed by atoms with van der Waals surface area (Å²) < 4.78 is 16.5. The lowest BCUT2D eigenvalue weighted by molar-refractivity contribution is 0.390. The number of fused-ring (bicyclic) bond motifs is 1. The molecule has 0 spiro atoms. The molecule has 0 bridgehead atoms. The molecular formula is C19H23NO3. The summed E-state index contributed by atoms with van der Waals surface area (Å²) in [6.45, 7) is 2.95. The second-order valence-electron chi connectivity index (χ2n) is 5.77. The summed E-state index contributed by atoms with van der Waals surface area (Å²) >= 11 is 0. The standard InChI is InChI=1S/C19H23NO3/c1-12-9-18(23-4)16(11-17(12)22-3)19-15-6-5-14(21-2)10-13(15)7-8-20-19/h5-6,9-11,19-20H,7-8H2,1-4H3. The first-order valence-corrected chi connectivity index (χ1v) is 7.80. The highest BCUT2D eigenvalue weighted by atomic mass is 16.5. The molecule has 0 radical (unpaired) electrons. The van der Waals surface area contributed by atoms with Crippen molar-refractivity contribution >= 4 is 0 Å². The van der Waals surface area contributed by atoms with Crippen LogP contribution in [-0.2, 0) is 6.42 Å². The van der Waals surface area contributed by atoms with Gasteiger partial charge >= 0.3 is 0 Å². The number of ether oxygens (including phenoxy) is 3. The van der Waals surface area contributed by atoms with Crippen molar-refractivity contribution in [1.29, 1.82) is 0 Å². The average molecular weight is 313 g/mol. The van der Waals surface area contributed by atoms with Crippen LogP contribution in [0.15, 0.2) is 30.3 Å². The van der Waals surface area contributed by atoms with Gasteiger partial charge < -0.3 is 19.5 Å². The van der Waals surface area contributed by atoms with Gasteiger partial charge in [0.1, 0.15) is 17.2 Å². The zero-order valence-corrected chi connectivity index (χ0v) is 14.1. The van der Waals surface area contributed by atoms with Gasteiger partial charge in [0.05, 0.1) is 27.4 Å². The van der Waals surface area contributed by atoms with E-state index in [4.69, 9.17) is 14.2 Å². The Morgan fingerprint density at radius 1 is 0.913 bits per heavy atom. The van der Waals surface area contributed by atoms with Crippen molar-refractivity contribution in [2.24, 2.45) is 0 Å². The number of benzene rings is 2. The third-order valence-corrected chi connectivity index (χ3v) is 4.46.